The van der Waals surface area contributed by atoms with Gasteiger partial charge in [-0.15, -0.1) is 0 Å². The molecule has 0 aliphatic rings. The summed E-state index contributed by atoms with van der Waals surface area (Å²) in [5, 5.41) is 34.3. The van der Waals surface area contributed by atoms with Crippen molar-refractivity contribution in [2.45, 2.75) is 18.6 Å². The third-order valence-corrected chi connectivity index (χ3v) is 1.21. The quantitative estimate of drug-likeness (QED) is 0.257. The Labute approximate surface area is 80.3 Å². The van der Waals surface area contributed by atoms with Gasteiger partial charge in [0.15, 0.2) is 0 Å². The lowest BCUT2D eigenvalue weighted by atomic mass is 10.0. The molecule has 0 amide bonds. The Balaban J connectivity index is 0. The predicted octanol–water partition coefficient (Wildman–Crippen LogP) is -2.85. The molecular weight excluding hydrogens is 219 g/mol. The van der Waals surface area contributed by atoms with Crippen LogP contribution in [0.1, 0.15) is 6.92 Å². The van der Waals surface area contributed by atoms with Crippen LogP contribution in [-0.2, 0) is 4.57 Å². The van der Waals surface area contributed by atoms with E-state index in [4.69, 9.17) is 39.7 Å². The normalized spacial score (nSPS) is 17.7. The number of rotatable bonds is 3. The van der Waals surface area contributed by atoms with Gasteiger partial charge in [-0.3, -0.25) is 0 Å². The lowest BCUT2D eigenvalue weighted by Crippen LogP contribution is -2.44. The second-order valence-electron chi connectivity index (χ2n) is 2.73. The summed E-state index contributed by atoms with van der Waals surface area (Å²) in [7, 11) is -4.64. The maximum absolute atomic E-state index is 8.93. The van der Waals surface area contributed by atoms with Crippen LogP contribution >= 0.6 is 7.82 Å². The highest BCUT2D eigenvalue weighted by Gasteiger charge is 2.28. The number of hydrogen-bond acceptors (Lipinski definition) is 5. The molecule has 9 heteroatoms. The Bertz CT molecular complexity index is 178. The monoisotopic (exact) mass is 234 g/mol. The highest BCUT2D eigenvalue weighted by Crippen LogP contribution is 2.25. The van der Waals surface area contributed by atoms with Crippen LogP contribution in [0.5, 0.6) is 0 Å². The second kappa shape index (κ2) is 6.44. The first kappa shape index (κ1) is 16.4. The van der Waals surface area contributed by atoms with Crippen molar-refractivity contribution < 1.29 is 39.7 Å². The summed E-state index contributed by atoms with van der Waals surface area (Å²) in [6, 6.07) is 0. The third kappa shape index (κ3) is 11.9. The molecule has 0 aromatic rings. The van der Waals surface area contributed by atoms with Crippen molar-refractivity contribution >= 4 is 7.82 Å². The van der Waals surface area contributed by atoms with Gasteiger partial charge >= 0.3 is 7.82 Å². The van der Waals surface area contributed by atoms with E-state index in [0.717, 1.165) is 0 Å². The molecule has 0 aromatic carbocycles. The maximum Gasteiger partial charge on any atom is 0.466 e. The zero-order chi connectivity index (χ0) is 12.0. The van der Waals surface area contributed by atoms with Gasteiger partial charge in [0.2, 0.25) is 0 Å². The van der Waals surface area contributed by atoms with E-state index in [9.17, 15) is 0 Å². The van der Waals surface area contributed by atoms with Crippen LogP contribution in [0.2, 0.25) is 0 Å². The van der Waals surface area contributed by atoms with Crippen molar-refractivity contribution in [3.05, 3.63) is 0 Å². The van der Waals surface area contributed by atoms with Gasteiger partial charge in [0, 0.05) is 0 Å². The molecular formula is C5H15O8P. The van der Waals surface area contributed by atoms with Crippen LogP contribution in [0, 0.1) is 0 Å². The molecule has 7 N–H and O–H groups in total. The summed E-state index contributed by atoms with van der Waals surface area (Å²) in [5.74, 6) is 0. The van der Waals surface area contributed by atoms with E-state index in [-0.39, 0.29) is 0 Å². The Hall–Kier alpha value is -0.0500. The number of aliphatic hydroxyl groups is 4. The molecule has 0 radical (unpaired) electrons. The molecule has 14 heavy (non-hydrogen) atoms. The first-order chi connectivity index (χ1) is 6.04. The molecule has 8 nitrogen and oxygen atoms in total. The van der Waals surface area contributed by atoms with Crippen molar-refractivity contribution in [3.8, 4) is 0 Å². The van der Waals surface area contributed by atoms with Gasteiger partial charge in [-0.1, -0.05) is 0 Å². The molecule has 0 rings (SSSR count). The zero-order valence-electron chi connectivity index (χ0n) is 7.48. The molecule has 0 aliphatic carbocycles. The van der Waals surface area contributed by atoms with Gasteiger partial charge in [0.1, 0.15) is 11.7 Å². The highest BCUT2D eigenvalue weighted by atomic mass is 31.2. The van der Waals surface area contributed by atoms with E-state index in [1.54, 1.807) is 0 Å². The molecule has 2 unspecified atom stereocenters. The number of hydrogen-bond donors (Lipinski definition) is 7. The van der Waals surface area contributed by atoms with Crippen molar-refractivity contribution in [2.75, 3.05) is 13.2 Å². The first-order valence-electron chi connectivity index (χ1n) is 3.45. The molecule has 0 saturated heterocycles. The molecule has 0 heterocycles. The molecule has 0 spiro atoms. The summed E-state index contributed by atoms with van der Waals surface area (Å²) in [6.45, 7) is 0.135. The maximum atomic E-state index is 8.93. The fraction of sp³-hybridized carbons (Fsp3) is 1.00. The molecule has 0 saturated carbocycles. The smallest absolute Gasteiger partial charge is 0.394 e. The Morgan fingerprint density at radius 1 is 1.29 bits per heavy atom. The average Bonchev–Trinajstić information content (AvgIpc) is 2.00. The second-order valence-corrected chi connectivity index (χ2v) is 3.75. The van der Waals surface area contributed by atoms with Crippen LogP contribution < -0.4 is 0 Å². The Morgan fingerprint density at radius 3 is 1.64 bits per heavy atom. The number of phosphoric acid groups is 1. The summed E-state index contributed by atoms with van der Waals surface area (Å²) in [4.78, 5) is 21.6. The first-order valence-corrected chi connectivity index (χ1v) is 5.01. The van der Waals surface area contributed by atoms with Gasteiger partial charge in [0.05, 0.1) is 13.2 Å². The van der Waals surface area contributed by atoms with E-state index in [2.05, 4.69) is 0 Å². The van der Waals surface area contributed by atoms with Gasteiger partial charge in [-0.05, 0) is 6.92 Å². The highest BCUT2D eigenvalue weighted by molar-refractivity contribution is 7.45. The van der Waals surface area contributed by atoms with E-state index < -0.39 is 32.7 Å². The Kier molecular flexibility index (Phi) is 7.53. The summed E-state index contributed by atoms with van der Waals surface area (Å²) in [5.41, 5.74) is -1.59. The molecule has 0 aromatic heterocycles. The average molecular weight is 234 g/mol. The van der Waals surface area contributed by atoms with E-state index >= 15 is 0 Å². The lowest BCUT2D eigenvalue weighted by molar-refractivity contribution is -0.108. The summed E-state index contributed by atoms with van der Waals surface area (Å²) in [6.07, 6.45) is -1.28. The molecule has 88 valence electrons. The van der Waals surface area contributed by atoms with Gasteiger partial charge in [-0.2, -0.15) is 0 Å². The molecule has 2 atom stereocenters. The van der Waals surface area contributed by atoms with Crippen LogP contribution in [0.3, 0.4) is 0 Å². The SMILES string of the molecule is CC(O)(CO)C(O)CO.O=P(O)(O)O. The minimum absolute atomic E-state index is 0.548. The summed E-state index contributed by atoms with van der Waals surface area (Å²) >= 11 is 0. The largest absolute Gasteiger partial charge is 0.466 e. The van der Waals surface area contributed by atoms with Gasteiger partial charge < -0.3 is 35.1 Å². The molecule has 0 aliphatic heterocycles. The molecule has 0 bridgehead atoms. The lowest BCUT2D eigenvalue weighted by Gasteiger charge is -2.24. The third-order valence-electron chi connectivity index (χ3n) is 1.21. The predicted molar refractivity (Wildman–Crippen MR) is 45.1 cm³/mol. The van der Waals surface area contributed by atoms with Crippen molar-refractivity contribution in [1.29, 1.82) is 0 Å². The van der Waals surface area contributed by atoms with Crippen LogP contribution in [0.15, 0.2) is 0 Å². The van der Waals surface area contributed by atoms with E-state index in [0.29, 0.717) is 0 Å². The van der Waals surface area contributed by atoms with Crippen LogP contribution in [-0.4, -0.2) is 60.0 Å². The van der Waals surface area contributed by atoms with Gasteiger partial charge in [0.25, 0.3) is 0 Å². The Morgan fingerprint density at radius 2 is 1.57 bits per heavy atom. The topological polar surface area (TPSA) is 159 Å². The minimum atomic E-state index is -4.64. The van der Waals surface area contributed by atoms with Crippen molar-refractivity contribution in [1.82, 2.24) is 0 Å². The van der Waals surface area contributed by atoms with E-state index in [1.807, 2.05) is 0 Å². The van der Waals surface area contributed by atoms with Crippen LogP contribution in [0.4, 0.5) is 0 Å². The van der Waals surface area contributed by atoms with Gasteiger partial charge in [-0.25, -0.2) is 4.57 Å². The zero-order valence-corrected chi connectivity index (χ0v) is 8.37. The van der Waals surface area contributed by atoms with Crippen molar-refractivity contribution in [3.63, 3.8) is 0 Å². The number of aliphatic hydroxyl groups excluding tert-OH is 3. The fourth-order valence-corrected chi connectivity index (χ4v) is 0.302. The molecule has 0 fully saturated rings. The van der Waals surface area contributed by atoms with E-state index in [1.165, 1.54) is 6.92 Å². The summed E-state index contributed by atoms with van der Waals surface area (Å²) < 4.78 is 8.88. The standard InChI is InChI=1S/C5H12O4.H3O4P/c1-5(9,3-7)4(8)2-6;1-5(2,3)4/h4,6-9H,2-3H2,1H3;(H3,1,2,3,4). The minimum Gasteiger partial charge on any atom is -0.394 e. The van der Waals surface area contributed by atoms with Crippen LogP contribution in [0.25, 0.3) is 0 Å². The van der Waals surface area contributed by atoms with Crippen molar-refractivity contribution in [2.24, 2.45) is 0 Å². The fourth-order valence-electron chi connectivity index (χ4n) is 0.302.